The predicted molar refractivity (Wildman–Crippen MR) is 98.3 cm³/mol. The number of carboxylic acid groups (broad SMARTS) is 1. The molecule has 2 aromatic rings. The second-order valence-corrected chi connectivity index (χ2v) is 6.47. The Morgan fingerprint density at radius 3 is 2.11 bits per heavy atom. The lowest BCUT2D eigenvalue weighted by Crippen LogP contribution is -2.44. The number of aliphatic carboxylic acids is 1. The average Bonchev–Trinajstić information content (AvgIpc) is 2.99. The average molecular weight is 386 g/mol. The van der Waals surface area contributed by atoms with E-state index in [2.05, 4.69) is 5.32 Å². The minimum atomic E-state index is -2.19. The summed E-state index contributed by atoms with van der Waals surface area (Å²) in [6.07, 6.45) is -3.96. The van der Waals surface area contributed by atoms with E-state index in [4.69, 9.17) is 15.6 Å². The van der Waals surface area contributed by atoms with Crippen LogP contribution in [0.2, 0.25) is 0 Å². The van der Waals surface area contributed by atoms with Gasteiger partial charge in [-0.15, -0.1) is 0 Å². The summed E-state index contributed by atoms with van der Waals surface area (Å²) in [5.41, 5.74) is 8.91. The van der Waals surface area contributed by atoms with Gasteiger partial charge >= 0.3 is 12.1 Å². The Bertz CT molecular complexity index is 871. The van der Waals surface area contributed by atoms with Crippen LogP contribution in [0.25, 0.3) is 11.1 Å². The molecule has 146 valence electrons. The maximum absolute atomic E-state index is 13.4. The molecule has 1 aliphatic rings. The number of hydrogen-bond donors (Lipinski definition) is 3. The Kier molecular flexibility index (Phi) is 5.58. The van der Waals surface area contributed by atoms with Gasteiger partial charge in [-0.05, 0) is 22.3 Å². The summed E-state index contributed by atoms with van der Waals surface area (Å²) in [4.78, 5) is 34.0. The number of carbonyl (C=O) groups is 3. The fourth-order valence-electron chi connectivity index (χ4n) is 3.33. The van der Waals surface area contributed by atoms with Gasteiger partial charge in [0.1, 0.15) is 12.6 Å². The number of fused-ring (bicyclic) bond motifs is 3. The van der Waals surface area contributed by atoms with E-state index in [1.54, 1.807) is 0 Å². The number of nitrogens with two attached hydrogens (primary N) is 1. The third-order valence-electron chi connectivity index (χ3n) is 4.69. The maximum Gasteiger partial charge on any atom is 0.407 e. The lowest BCUT2D eigenvalue weighted by molar-refractivity contribution is -0.140. The van der Waals surface area contributed by atoms with Crippen molar-refractivity contribution >= 4 is 18.0 Å². The van der Waals surface area contributed by atoms with E-state index in [9.17, 15) is 18.8 Å². The van der Waals surface area contributed by atoms with E-state index in [0.717, 1.165) is 22.3 Å². The van der Waals surface area contributed by atoms with Gasteiger partial charge in [-0.2, -0.15) is 0 Å². The van der Waals surface area contributed by atoms with Gasteiger partial charge in [-0.25, -0.2) is 14.0 Å². The van der Waals surface area contributed by atoms with Crippen molar-refractivity contribution in [2.24, 2.45) is 5.73 Å². The number of nitrogens with one attached hydrogen (secondary N) is 1. The third kappa shape index (κ3) is 3.95. The summed E-state index contributed by atoms with van der Waals surface area (Å²) >= 11 is 0. The van der Waals surface area contributed by atoms with Gasteiger partial charge < -0.3 is 20.9 Å². The predicted octanol–water partition coefficient (Wildman–Crippen LogP) is 2.19. The number of hydrogen-bond acceptors (Lipinski definition) is 4. The molecule has 0 saturated carbocycles. The van der Waals surface area contributed by atoms with Crippen LogP contribution >= 0.6 is 0 Å². The van der Waals surface area contributed by atoms with Crippen LogP contribution in [-0.4, -0.2) is 41.9 Å². The second-order valence-electron chi connectivity index (χ2n) is 6.47. The number of alkyl carbamates (subject to hydrolysis) is 1. The first kappa shape index (κ1) is 19.3. The first-order valence-electron chi connectivity index (χ1n) is 8.66. The topological polar surface area (TPSA) is 119 Å². The molecule has 0 fully saturated rings. The van der Waals surface area contributed by atoms with Gasteiger partial charge in [-0.1, -0.05) is 48.5 Å². The number of primary amides is 1. The molecule has 0 saturated heterocycles. The molecule has 3 rings (SSSR count). The van der Waals surface area contributed by atoms with Gasteiger partial charge in [-0.3, -0.25) is 4.79 Å². The number of amides is 2. The zero-order valence-electron chi connectivity index (χ0n) is 14.8. The summed E-state index contributed by atoms with van der Waals surface area (Å²) in [7, 11) is 0. The van der Waals surface area contributed by atoms with Crippen LogP contribution in [0, 0.1) is 0 Å². The van der Waals surface area contributed by atoms with Crippen LogP contribution in [0.5, 0.6) is 0 Å². The number of rotatable bonds is 7. The fraction of sp³-hybridized carbons (Fsp3) is 0.250. The lowest BCUT2D eigenvalue weighted by atomic mass is 9.98. The Balaban J connectivity index is 1.67. The van der Waals surface area contributed by atoms with E-state index < -0.39 is 36.6 Å². The summed E-state index contributed by atoms with van der Waals surface area (Å²) in [5.74, 6) is -2.97. The molecule has 0 aliphatic heterocycles. The van der Waals surface area contributed by atoms with Crippen LogP contribution in [0.1, 0.15) is 23.5 Å². The van der Waals surface area contributed by atoms with Crippen molar-refractivity contribution < 1.29 is 28.6 Å². The van der Waals surface area contributed by atoms with Gasteiger partial charge in [0.15, 0.2) is 6.17 Å². The Hall–Kier alpha value is -3.42. The number of carboxylic acids is 1. The zero-order valence-corrected chi connectivity index (χ0v) is 14.8. The van der Waals surface area contributed by atoms with E-state index in [1.165, 1.54) is 0 Å². The highest BCUT2D eigenvalue weighted by Crippen LogP contribution is 2.44. The highest BCUT2D eigenvalue weighted by Gasteiger charge is 2.31. The van der Waals surface area contributed by atoms with E-state index in [0.29, 0.717) is 0 Å². The molecule has 4 N–H and O–H groups in total. The fourth-order valence-corrected chi connectivity index (χ4v) is 3.33. The minimum absolute atomic E-state index is 0.0128. The van der Waals surface area contributed by atoms with Crippen molar-refractivity contribution in [3.8, 4) is 11.1 Å². The molecular weight excluding hydrogens is 367 g/mol. The van der Waals surface area contributed by atoms with Crippen molar-refractivity contribution in [1.82, 2.24) is 5.32 Å². The molecular formula is C20H19FN2O5. The first-order valence-corrected chi connectivity index (χ1v) is 8.66. The molecule has 2 amide bonds. The van der Waals surface area contributed by atoms with Crippen LogP contribution in [-0.2, 0) is 14.3 Å². The molecule has 0 spiro atoms. The quantitative estimate of drug-likeness (QED) is 0.674. The summed E-state index contributed by atoms with van der Waals surface area (Å²) in [6, 6.07) is 13.9. The standard InChI is InChI=1S/C20H19FN2O5/c21-16(18(22)24)9-17(19(25)26)23-20(27)28-10-15-13-7-3-1-5-11(13)12-6-2-4-8-14(12)15/h1-8,15-17H,9-10H2,(H2,22,24)(H,23,27)(H,25,26)/t16-,17+/m0/s1. The van der Waals surface area contributed by atoms with E-state index >= 15 is 0 Å². The highest BCUT2D eigenvalue weighted by atomic mass is 19.1. The van der Waals surface area contributed by atoms with Gasteiger partial charge in [0, 0.05) is 12.3 Å². The smallest absolute Gasteiger partial charge is 0.407 e. The van der Waals surface area contributed by atoms with E-state index in [1.807, 2.05) is 48.5 Å². The van der Waals surface area contributed by atoms with Crippen molar-refractivity contribution in [1.29, 1.82) is 0 Å². The maximum atomic E-state index is 13.4. The van der Waals surface area contributed by atoms with E-state index in [-0.39, 0.29) is 12.5 Å². The SMILES string of the molecule is NC(=O)[C@@H](F)C[C@@H](NC(=O)OCC1c2ccccc2-c2ccccc21)C(=O)O. The summed E-state index contributed by atoms with van der Waals surface area (Å²) in [5, 5.41) is 11.2. The molecule has 0 aromatic heterocycles. The second kappa shape index (κ2) is 8.08. The van der Waals surface area contributed by atoms with Gasteiger partial charge in [0.05, 0.1) is 0 Å². The monoisotopic (exact) mass is 386 g/mol. The summed E-state index contributed by atoms with van der Waals surface area (Å²) in [6.45, 7) is -0.0128. The van der Waals surface area contributed by atoms with Crippen LogP contribution < -0.4 is 11.1 Å². The molecule has 8 heteroatoms. The molecule has 0 unspecified atom stereocenters. The number of carbonyl (C=O) groups excluding carboxylic acids is 2. The molecule has 28 heavy (non-hydrogen) atoms. The van der Waals surface area contributed by atoms with Crippen LogP contribution in [0.3, 0.4) is 0 Å². The number of benzene rings is 2. The molecule has 2 aromatic carbocycles. The van der Waals surface area contributed by atoms with Crippen molar-refractivity contribution in [2.45, 2.75) is 24.6 Å². The number of ether oxygens (including phenoxy) is 1. The van der Waals surface area contributed by atoms with Gasteiger partial charge in [0.2, 0.25) is 0 Å². The van der Waals surface area contributed by atoms with Crippen molar-refractivity contribution in [3.05, 3.63) is 59.7 Å². The lowest BCUT2D eigenvalue weighted by Gasteiger charge is -2.18. The number of halogens is 1. The third-order valence-corrected chi connectivity index (χ3v) is 4.69. The van der Waals surface area contributed by atoms with Crippen LogP contribution in [0.4, 0.5) is 9.18 Å². The van der Waals surface area contributed by atoms with Gasteiger partial charge in [0.25, 0.3) is 5.91 Å². The molecule has 0 radical (unpaired) electrons. The highest BCUT2D eigenvalue weighted by molar-refractivity contribution is 5.83. The zero-order chi connectivity index (χ0) is 20.3. The first-order chi connectivity index (χ1) is 13.4. The summed E-state index contributed by atoms with van der Waals surface area (Å²) < 4.78 is 18.6. The Labute approximate surface area is 160 Å². The molecule has 7 nitrogen and oxygen atoms in total. The Morgan fingerprint density at radius 1 is 1.07 bits per heavy atom. The van der Waals surface area contributed by atoms with Crippen molar-refractivity contribution in [3.63, 3.8) is 0 Å². The largest absolute Gasteiger partial charge is 0.480 e. The minimum Gasteiger partial charge on any atom is -0.480 e. The molecule has 1 aliphatic carbocycles. The molecule has 0 bridgehead atoms. The van der Waals surface area contributed by atoms with Crippen molar-refractivity contribution in [2.75, 3.05) is 6.61 Å². The normalized spacial score (nSPS) is 14.5. The van der Waals surface area contributed by atoms with Crippen LogP contribution in [0.15, 0.2) is 48.5 Å². The molecule has 0 heterocycles. The number of alkyl halides is 1. The molecule has 2 atom stereocenters. The Morgan fingerprint density at radius 2 is 1.61 bits per heavy atom.